The smallest absolute Gasteiger partial charge is 0.246 e. The van der Waals surface area contributed by atoms with Gasteiger partial charge in [0, 0.05) is 106 Å². The summed E-state index contributed by atoms with van der Waals surface area (Å²) >= 11 is 0. The van der Waals surface area contributed by atoms with Gasteiger partial charge in [0.2, 0.25) is 47.3 Å². The second kappa shape index (κ2) is 40.0. The van der Waals surface area contributed by atoms with Crippen LogP contribution in [-0.2, 0) is 67.3 Å². The first kappa shape index (κ1) is 87.4. The van der Waals surface area contributed by atoms with Crippen LogP contribution in [0.2, 0.25) is 0 Å². The Morgan fingerprint density at radius 2 is 0.990 bits per heavy atom. The van der Waals surface area contributed by atoms with Crippen molar-refractivity contribution < 1.29 is 71.0 Å². The lowest BCUT2D eigenvalue weighted by Crippen LogP contribution is -2.64. The predicted octanol–water partition coefficient (Wildman–Crippen LogP) is 5.66. The highest BCUT2D eigenvalue weighted by Crippen LogP contribution is 2.30. The van der Waals surface area contributed by atoms with Gasteiger partial charge in [-0.15, -0.1) is 0 Å². The van der Waals surface area contributed by atoms with Gasteiger partial charge in [-0.1, -0.05) is 116 Å². The molecule has 2 N–H and O–H groups in total. The third-order valence-corrected chi connectivity index (χ3v) is 20.8. The first-order valence-electron chi connectivity index (χ1n) is 35.4. The molecule has 8 amide bonds. The molecular weight excluding hydrogens is 1260 g/mol. The van der Waals surface area contributed by atoms with Crippen molar-refractivity contribution in [1.29, 1.82) is 0 Å². The minimum absolute atomic E-state index is 0.0421. The zero-order valence-electron chi connectivity index (χ0n) is 63.6. The summed E-state index contributed by atoms with van der Waals surface area (Å²) < 4.78 is 31.9. The lowest BCUT2D eigenvalue weighted by molar-refractivity contribution is -0.157. The number of amides is 8. The van der Waals surface area contributed by atoms with Crippen LogP contribution in [0.25, 0.3) is 0 Å². The summed E-state index contributed by atoms with van der Waals surface area (Å²) in [6, 6.07) is -10.5. The van der Waals surface area contributed by atoms with Crippen LogP contribution in [0.4, 0.5) is 0 Å². The number of carbonyl (C=O) groups is 11. The highest BCUT2D eigenvalue weighted by molar-refractivity contribution is 7.90. The third kappa shape index (κ3) is 25.2. The molecule has 0 aromatic carbocycles. The summed E-state index contributed by atoms with van der Waals surface area (Å²) in [5, 5.41) is 15.2. The predicted molar refractivity (Wildman–Crippen MR) is 377 cm³/mol. The quantitative estimate of drug-likeness (QED) is 0.139. The van der Waals surface area contributed by atoms with Crippen molar-refractivity contribution in [3.8, 4) is 0 Å². The molecule has 0 bridgehead atoms. The molecule has 556 valence electrons. The van der Waals surface area contributed by atoms with Gasteiger partial charge in [-0.05, 0) is 99.8 Å². The van der Waals surface area contributed by atoms with Crippen LogP contribution >= 0.6 is 0 Å². The van der Waals surface area contributed by atoms with E-state index in [-0.39, 0.29) is 69.1 Å². The molecular formula is C72H127N9O15S. The van der Waals surface area contributed by atoms with Gasteiger partial charge in [0.05, 0.1) is 37.2 Å². The van der Waals surface area contributed by atoms with E-state index in [1.165, 1.54) is 80.8 Å². The summed E-state index contributed by atoms with van der Waals surface area (Å²) in [4.78, 5) is 177. The van der Waals surface area contributed by atoms with Crippen molar-refractivity contribution in [2.45, 2.75) is 229 Å². The molecule has 0 aromatic heterocycles. The van der Waals surface area contributed by atoms with Gasteiger partial charge in [0.1, 0.15) is 51.9 Å². The molecule has 0 spiro atoms. The number of morpholine rings is 1. The molecule has 0 radical (unpaired) electrons. The van der Waals surface area contributed by atoms with Crippen LogP contribution < -0.4 is 5.32 Å². The molecule has 25 heteroatoms. The van der Waals surface area contributed by atoms with Crippen LogP contribution in [0.3, 0.4) is 0 Å². The number of carbonyl (C=O) groups excluding carboxylic acids is 11. The SMILES string of the molecule is C/C=C/C[C@@H](C)[C@@H](O)C1C(=O)N[C@@H](CC)C(=O)N(C)[C@H](CCCN2CCOCC2)C(=O)N(C)[C@@H]([C@H](C)CS(C)(=O)=O)C(=O)C[C@@H](C(C)C)C(=O)N(C)[C@@H](CC(C)C)C(=O)C[C@@H](C)C(=O)C[C@H](C)C(=O)N(C)[C@@H](CC(C)C)C(=O)N(C)[C@@H](CC(C)C)C(=O)N(C)[C@@H](C(C)C)C(=O)N1C. The standard InChI is InChI=1S/C72H127N9O15S/c1-25-27-29-48(13)64(85)63-65(86)73-53(26-2)68(89)74(17)54(30-28-31-81-32-34-96-35-33-81)69(90)79(22)62(51(16)42-97(24,94)95)60(84)41-52(46(9)10)67(88)75(18)55(36-43(3)4)59(83)39-49(14)58(82)40-50(15)66(87)76(19)56(37-44(5)6)70(91)77(20)57(38-45(7)8)71(92)78(21)61(47(11)12)72(93)80(63)23/h25,27,43-57,61-64,85H,26,28-42H2,1-24H3,(H,73,86)/b27-25+/t48-,49-,50+,51-,52+,53+,54-,55+,56+,57+,61+,62+,63?,64-/m1/s1. The lowest BCUT2D eigenvalue weighted by Gasteiger charge is -2.41. The Morgan fingerprint density at radius 3 is 1.47 bits per heavy atom. The number of Topliss-reactive ketones (excluding diaryl/α,β-unsaturated/α-hetero) is 3. The molecule has 14 atom stereocenters. The van der Waals surface area contributed by atoms with E-state index in [9.17, 15) is 27.9 Å². The topological polar surface area (TPSA) is 289 Å². The largest absolute Gasteiger partial charge is 0.390 e. The Kier molecular flexibility index (Phi) is 36.0. The Labute approximate surface area is 582 Å². The molecule has 0 aromatic rings. The average Bonchev–Trinajstić information content (AvgIpc) is 0.808. The van der Waals surface area contributed by atoms with Crippen LogP contribution in [0.15, 0.2) is 12.2 Å². The van der Waals surface area contributed by atoms with Gasteiger partial charge in [0.15, 0.2) is 11.6 Å². The Hall–Kier alpha value is -5.66. The summed E-state index contributed by atoms with van der Waals surface area (Å²) in [5.74, 6) is -13.6. The second-order valence-electron chi connectivity index (χ2n) is 30.2. The number of hydrogen-bond donors (Lipinski definition) is 2. The lowest BCUT2D eigenvalue weighted by atomic mass is 9.83. The summed E-state index contributed by atoms with van der Waals surface area (Å²) in [6.07, 6.45) is 3.12. The first-order chi connectivity index (χ1) is 44.9. The van der Waals surface area contributed by atoms with Gasteiger partial charge in [-0.2, -0.15) is 0 Å². The molecule has 2 fully saturated rings. The molecule has 2 aliphatic heterocycles. The number of aliphatic hydroxyl groups is 1. The zero-order chi connectivity index (χ0) is 74.6. The van der Waals surface area contributed by atoms with E-state index in [4.69, 9.17) is 4.74 Å². The summed E-state index contributed by atoms with van der Waals surface area (Å²) in [6.45, 7) is 30.8. The van der Waals surface area contributed by atoms with Gasteiger partial charge in [-0.3, -0.25) is 57.6 Å². The van der Waals surface area contributed by atoms with E-state index in [2.05, 4.69) is 10.2 Å². The van der Waals surface area contributed by atoms with Crippen molar-refractivity contribution >= 4 is 74.4 Å². The van der Waals surface area contributed by atoms with Crippen LogP contribution in [-0.4, -0.2) is 266 Å². The van der Waals surface area contributed by atoms with E-state index < -0.39 is 182 Å². The van der Waals surface area contributed by atoms with Crippen molar-refractivity contribution in [3.63, 3.8) is 0 Å². The Morgan fingerprint density at radius 1 is 0.536 bits per heavy atom. The van der Waals surface area contributed by atoms with Gasteiger partial charge in [-0.25, -0.2) is 8.42 Å². The average molecular weight is 1390 g/mol. The number of ketones is 3. The Balaban J connectivity index is 3.17. The van der Waals surface area contributed by atoms with E-state index in [0.29, 0.717) is 39.3 Å². The van der Waals surface area contributed by atoms with E-state index in [0.717, 1.165) is 16.1 Å². The minimum atomic E-state index is -3.81. The molecule has 0 aliphatic carbocycles. The highest BCUT2D eigenvalue weighted by atomic mass is 32.2. The maximum Gasteiger partial charge on any atom is 0.246 e. The molecule has 2 rings (SSSR count). The fraction of sp³-hybridized carbons (Fsp3) is 0.819. The molecule has 0 saturated carbocycles. The number of allylic oxidation sites excluding steroid dienone is 2. The number of aliphatic hydroxyl groups excluding tert-OH is 1. The number of sulfone groups is 1. The van der Waals surface area contributed by atoms with Crippen molar-refractivity contribution in [2.24, 2.45) is 59.2 Å². The maximum absolute atomic E-state index is 15.6. The first-order valence-corrected chi connectivity index (χ1v) is 37.5. The van der Waals surface area contributed by atoms with E-state index >= 15 is 38.4 Å². The molecule has 1 unspecified atom stereocenters. The van der Waals surface area contributed by atoms with Gasteiger partial charge < -0.3 is 49.5 Å². The number of ether oxygens (including phenoxy) is 1. The molecule has 2 heterocycles. The number of likely N-dealkylation sites (N-methyl/N-ethyl adjacent to an activating group) is 7. The zero-order valence-corrected chi connectivity index (χ0v) is 64.4. The summed E-state index contributed by atoms with van der Waals surface area (Å²) in [5.41, 5.74) is 0. The van der Waals surface area contributed by atoms with E-state index in [1.54, 1.807) is 74.5 Å². The van der Waals surface area contributed by atoms with Gasteiger partial charge >= 0.3 is 0 Å². The fourth-order valence-corrected chi connectivity index (χ4v) is 14.9. The van der Waals surface area contributed by atoms with Crippen molar-refractivity contribution in [1.82, 2.24) is 44.5 Å². The molecule has 2 saturated heterocycles. The monoisotopic (exact) mass is 1390 g/mol. The van der Waals surface area contributed by atoms with Crippen LogP contribution in [0.1, 0.15) is 175 Å². The second-order valence-corrected chi connectivity index (χ2v) is 32.4. The third-order valence-electron chi connectivity index (χ3n) is 19.7. The molecule has 97 heavy (non-hydrogen) atoms. The number of nitrogens with zero attached hydrogens (tertiary/aromatic N) is 8. The number of rotatable bonds is 20. The fourth-order valence-electron chi connectivity index (χ4n) is 13.7. The highest BCUT2D eigenvalue weighted by Gasteiger charge is 2.47. The number of hydrogen-bond acceptors (Lipinski definition) is 16. The normalized spacial score (nSPS) is 27.7. The minimum Gasteiger partial charge on any atom is -0.390 e. The van der Waals surface area contributed by atoms with Gasteiger partial charge in [0.25, 0.3) is 0 Å². The Bertz CT molecular complexity index is 2810. The maximum atomic E-state index is 15.6. The van der Waals surface area contributed by atoms with Crippen molar-refractivity contribution in [3.05, 3.63) is 12.2 Å². The molecule has 2 aliphatic rings. The van der Waals surface area contributed by atoms with Crippen LogP contribution in [0.5, 0.6) is 0 Å². The molecule has 24 nitrogen and oxygen atoms in total. The van der Waals surface area contributed by atoms with E-state index in [1.807, 2.05) is 41.5 Å². The van der Waals surface area contributed by atoms with Crippen LogP contribution in [0, 0.1) is 59.2 Å². The number of nitrogens with one attached hydrogen (secondary N) is 1. The van der Waals surface area contributed by atoms with Crippen molar-refractivity contribution in [2.75, 3.05) is 94.2 Å². The summed E-state index contributed by atoms with van der Waals surface area (Å²) in [7, 11) is 6.19.